The highest BCUT2D eigenvalue weighted by atomic mass is 16.1. The number of carbonyl (C=O) groups is 1. The standard InChI is InChI=1S/C9H13N3O/c1-6(2)12-9(13)8-4-10-5-11-7(8)3/h4-6H,1-3H3,(H,12,13). The molecule has 0 saturated heterocycles. The summed E-state index contributed by atoms with van der Waals surface area (Å²) in [4.78, 5) is 19.2. The van der Waals surface area contributed by atoms with Crippen LogP contribution in [0.25, 0.3) is 0 Å². The second kappa shape index (κ2) is 3.98. The quantitative estimate of drug-likeness (QED) is 0.734. The van der Waals surface area contributed by atoms with Crippen LogP contribution in [-0.4, -0.2) is 21.9 Å². The van der Waals surface area contributed by atoms with Gasteiger partial charge in [0.05, 0.1) is 11.3 Å². The molecule has 70 valence electrons. The van der Waals surface area contributed by atoms with E-state index in [1.54, 1.807) is 6.92 Å². The molecule has 0 aliphatic rings. The second-order valence-electron chi connectivity index (χ2n) is 3.15. The van der Waals surface area contributed by atoms with Gasteiger partial charge in [0.25, 0.3) is 5.91 Å². The molecule has 1 aromatic heterocycles. The zero-order valence-electron chi connectivity index (χ0n) is 8.03. The lowest BCUT2D eigenvalue weighted by Crippen LogP contribution is -2.30. The molecule has 0 saturated carbocycles. The number of aromatic nitrogens is 2. The number of nitrogens with one attached hydrogen (secondary N) is 1. The summed E-state index contributed by atoms with van der Waals surface area (Å²) in [5.74, 6) is -0.117. The molecule has 4 nitrogen and oxygen atoms in total. The van der Waals surface area contributed by atoms with E-state index in [1.165, 1.54) is 12.5 Å². The Morgan fingerprint density at radius 2 is 2.23 bits per heavy atom. The number of amides is 1. The predicted octanol–water partition coefficient (Wildman–Crippen LogP) is 0.923. The van der Waals surface area contributed by atoms with E-state index in [2.05, 4.69) is 15.3 Å². The predicted molar refractivity (Wildman–Crippen MR) is 49.4 cm³/mol. The van der Waals surface area contributed by atoms with Crippen LogP contribution in [0.15, 0.2) is 12.5 Å². The van der Waals surface area contributed by atoms with Gasteiger partial charge in [-0.2, -0.15) is 0 Å². The van der Waals surface area contributed by atoms with E-state index in [4.69, 9.17) is 0 Å². The van der Waals surface area contributed by atoms with Crippen LogP contribution in [0.2, 0.25) is 0 Å². The van der Waals surface area contributed by atoms with Crippen LogP contribution < -0.4 is 5.32 Å². The lowest BCUT2D eigenvalue weighted by molar-refractivity contribution is 0.0941. The number of aryl methyl sites for hydroxylation is 1. The molecule has 1 N–H and O–H groups in total. The van der Waals surface area contributed by atoms with Gasteiger partial charge in [0.2, 0.25) is 0 Å². The van der Waals surface area contributed by atoms with Gasteiger partial charge in [-0.1, -0.05) is 0 Å². The van der Waals surface area contributed by atoms with Crippen molar-refractivity contribution < 1.29 is 4.79 Å². The molecule has 1 heterocycles. The average Bonchev–Trinajstić information content (AvgIpc) is 2.03. The molecule has 0 atom stereocenters. The van der Waals surface area contributed by atoms with Crippen molar-refractivity contribution >= 4 is 5.91 Å². The molecule has 0 radical (unpaired) electrons. The van der Waals surface area contributed by atoms with E-state index in [0.29, 0.717) is 11.3 Å². The van der Waals surface area contributed by atoms with Crippen LogP contribution in [0.5, 0.6) is 0 Å². The summed E-state index contributed by atoms with van der Waals surface area (Å²) in [7, 11) is 0. The molecule has 0 aromatic carbocycles. The summed E-state index contributed by atoms with van der Waals surface area (Å²) < 4.78 is 0. The van der Waals surface area contributed by atoms with E-state index >= 15 is 0 Å². The summed E-state index contributed by atoms with van der Waals surface area (Å²) in [5.41, 5.74) is 1.24. The minimum atomic E-state index is -0.117. The van der Waals surface area contributed by atoms with Gasteiger partial charge in [-0.3, -0.25) is 4.79 Å². The zero-order valence-corrected chi connectivity index (χ0v) is 8.03. The smallest absolute Gasteiger partial charge is 0.254 e. The molecular weight excluding hydrogens is 166 g/mol. The number of hydrogen-bond acceptors (Lipinski definition) is 3. The lowest BCUT2D eigenvalue weighted by Gasteiger charge is -2.08. The molecule has 4 heteroatoms. The first kappa shape index (κ1) is 9.64. The maximum absolute atomic E-state index is 11.5. The largest absolute Gasteiger partial charge is 0.350 e. The van der Waals surface area contributed by atoms with Crippen molar-refractivity contribution in [3.05, 3.63) is 23.8 Å². The van der Waals surface area contributed by atoms with E-state index in [1.807, 2.05) is 13.8 Å². The van der Waals surface area contributed by atoms with Crippen LogP contribution in [-0.2, 0) is 0 Å². The third-order valence-electron chi connectivity index (χ3n) is 1.58. The summed E-state index contributed by atoms with van der Waals surface area (Å²) in [5, 5.41) is 2.78. The van der Waals surface area contributed by atoms with Crippen molar-refractivity contribution in [2.75, 3.05) is 0 Å². The Bertz CT molecular complexity index is 309. The van der Waals surface area contributed by atoms with Gasteiger partial charge in [0.1, 0.15) is 6.33 Å². The number of hydrogen-bond donors (Lipinski definition) is 1. The van der Waals surface area contributed by atoms with E-state index in [0.717, 1.165) is 0 Å². The maximum Gasteiger partial charge on any atom is 0.254 e. The molecule has 1 aromatic rings. The Balaban J connectivity index is 2.83. The zero-order chi connectivity index (χ0) is 9.84. The second-order valence-corrected chi connectivity index (χ2v) is 3.15. The van der Waals surface area contributed by atoms with Crippen molar-refractivity contribution in [3.8, 4) is 0 Å². The first-order valence-electron chi connectivity index (χ1n) is 4.18. The summed E-state index contributed by atoms with van der Waals surface area (Å²) in [6.07, 6.45) is 2.96. The molecule has 1 rings (SSSR count). The normalized spacial score (nSPS) is 10.2. The lowest BCUT2D eigenvalue weighted by atomic mass is 10.2. The number of rotatable bonds is 2. The monoisotopic (exact) mass is 179 g/mol. The highest BCUT2D eigenvalue weighted by Gasteiger charge is 2.09. The summed E-state index contributed by atoms with van der Waals surface area (Å²) >= 11 is 0. The third kappa shape index (κ3) is 2.50. The van der Waals surface area contributed by atoms with E-state index < -0.39 is 0 Å². The Morgan fingerprint density at radius 3 is 2.77 bits per heavy atom. The van der Waals surface area contributed by atoms with Gasteiger partial charge >= 0.3 is 0 Å². The van der Waals surface area contributed by atoms with Gasteiger partial charge in [-0.15, -0.1) is 0 Å². The van der Waals surface area contributed by atoms with Gasteiger partial charge < -0.3 is 5.32 Å². The van der Waals surface area contributed by atoms with Crippen LogP contribution >= 0.6 is 0 Å². The van der Waals surface area contributed by atoms with Crippen LogP contribution in [0, 0.1) is 6.92 Å². The highest BCUT2D eigenvalue weighted by Crippen LogP contribution is 2.01. The van der Waals surface area contributed by atoms with Gasteiger partial charge in [-0.25, -0.2) is 9.97 Å². The average molecular weight is 179 g/mol. The molecule has 0 fully saturated rings. The number of nitrogens with zero attached hydrogens (tertiary/aromatic N) is 2. The fourth-order valence-electron chi connectivity index (χ4n) is 0.954. The van der Waals surface area contributed by atoms with Crippen LogP contribution in [0.4, 0.5) is 0 Å². The third-order valence-corrected chi connectivity index (χ3v) is 1.58. The summed E-state index contributed by atoms with van der Waals surface area (Å²) in [6, 6.07) is 0.132. The molecule has 0 bridgehead atoms. The minimum absolute atomic E-state index is 0.117. The fourth-order valence-corrected chi connectivity index (χ4v) is 0.954. The van der Waals surface area contributed by atoms with Crippen molar-refractivity contribution in [2.24, 2.45) is 0 Å². The van der Waals surface area contributed by atoms with Gasteiger partial charge in [0.15, 0.2) is 0 Å². The molecule has 0 unspecified atom stereocenters. The topological polar surface area (TPSA) is 54.9 Å². The van der Waals surface area contributed by atoms with E-state index in [-0.39, 0.29) is 11.9 Å². The Kier molecular flexibility index (Phi) is 2.95. The highest BCUT2D eigenvalue weighted by molar-refractivity contribution is 5.94. The van der Waals surface area contributed by atoms with Crippen molar-refractivity contribution in [1.29, 1.82) is 0 Å². The molecule has 1 amide bonds. The first-order chi connectivity index (χ1) is 6.11. The number of carbonyl (C=O) groups excluding carboxylic acids is 1. The van der Waals surface area contributed by atoms with Crippen molar-refractivity contribution in [1.82, 2.24) is 15.3 Å². The molecule has 13 heavy (non-hydrogen) atoms. The minimum Gasteiger partial charge on any atom is -0.350 e. The Hall–Kier alpha value is -1.45. The first-order valence-corrected chi connectivity index (χ1v) is 4.18. The maximum atomic E-state index is 11.5. The Labute approximate surface area is 77.4 Å². The van der Waals surface area contributed by atoms with Gasteiger partial charge in [0, 0.05) is 12.2 Å². The van der Waals surface area contributed by atoms with Crippen LogP contribution in [0.1, 0.15) is 29.9 Å². The Morgan fingerprint density at radius 1 is 1.54 bits per heavy atom. The molecular formula is C9H13N3O. The van der Waals surface area contributed by atoms with Gasteiger partial charge in [-0.05, 0) is 20.8 Å². The van der Waals surface area contributed by atoms with Crippen molar-refractivity contribution in [2.45, 2.75) is 26.8 Å². The van der Waals surface area contributed by atoms with E-state index in [9.17, 15) is 4.79 Å². The molecule has 0 spiro atoms. The molecule has 0 aliphatic carbocycles. The van der Waals surface area contributed by atoms with Crippen LogP contribution in [0.3, 0.4) is 0 Å². The summed E-state index contributed by atoms with van der Waals surface area (Å²) in [6.45, 7) is 5.62. The fraction of sp³-hybridized carbons (Fsp3) is 0.444. The SMILES string of the molecule is Cc1ncncc1C(=O)NC(C)C. The van der Waals surface area contributed by atoms with Crippen molar-refractivity contribution in [3.63, 3.8) is 0 Å². The molecule has 0 aliphatic heterocycles.